The predicted molar refractivity (Wildman–Crippen MR) is 113 cm³/mol. The number of aliphatic hydroxyl groups excluding tert-OH is 3. The van der Waals surface area contributed by atoms with Gasteiger partial charge in [0.2, 0.25) is 0 Å². The lowest BCUT2D eigenvalue weighted by Gasteiger charge is -2.44. The standard InChI is InChI=1S/C22H36N2O6/c1-2-3-4-5-9-12-16(23)21-18(20(27)19(26)17(13-25)30-21)24-22(28)29-14-15-10-7-6-8-11-15/h6-8,10-11,16-21,25-27H,2-5,9,12-14,23H2,1H3,(H,24,28)/t16?,17-,18-,19-,20-,21+/m1/s1. The Morgan fingerprint density at radius 1 is 1.17 bits per heavy atom. The Labute approximate surface area is 178 Å². The van der Waals surface area contributed by atoms with Gasteiger partial charge in [0, 0.05) is 6.04 Å². The molecule has 6 atom stereocenters. The van der Waals surface area contributed by atoms with Crippen LogP contribution in [0.3, 0.4) is 0 Å². The highest BCUT2D eigenvalue weighted by Gasteiger charge is 2.47. The number of hydrogen-bond acceptors (Lipinski definition) is 7. The molecule has 1 aliphatic rings. The van der Waals surface area contributed by atoms with Crippen molar-refractivity contribution < 1.29 is 29.6 Å². The Morgan fingerprint density at radius 3 is 2.53 bits per heavy atom. The number of carbonyl (C=O) groups is 1. The summed E-state index contributed by atoms with van der Waals surface area (Å²) in [4.78, 5) is 12.3. The molecule has 0 aromatic heterocycles. The summed E-state index contributed by atoms with van der Waals surface area (Å²) in [5.41, 5.74) is 7.15. The molecular formula is C22H36N2O6. The third-order valence-electron chi connectivity index (χ3n) is 5.52. The number of nitrogens with two attached hydrogens (primary N) is 1. The first kappa shape index (κ1) is 24.6. The highest BCUT2D eigenvalue weighted by atomic mass is 16.6. The molecule has 1 amide bonds. The van der Waals surface area contributed by atoms with Crippen molar-refractivity contribution in [2.45, 2.75) is 88.6 Å². The number of ether oxygens (including phenoxy) is 2. The van der Waals surface area contributed by atoms with Gasteiger partial charge in [-0.05, 0) is 12.0 Å². The second-order valence-corrected chi connectivity index (χ2v) is 7.90. The van der Waals surface area contributed by atoms with E-state index >= 15 is 0 Å². The molecule has 6 N–H and O–H groups in total. The van der Waals surface area contributed by atoms with Gasteiger partial charge in [-0.25, -0.2) is 4.79 Å². The third-order valence-corrected chi connectivity index (χ3v) is 5.52. The molecule has 1 fully saturated rings. The van der Waals surface area contributed by atoms with Crippen molar-refractivity contribution in [3.63, 3.8) is 0 Å². The summed E-state index contributed by atoms with van der Waals surface area (Å²) in [6, 6.07) is 7.80. The largest absolute Gasteiger partial charge is 0.445 e. The van der Waals surface area contributed by atoms with Crippen LogP contribution in [0.1, 0.15) is 51.0 Å². The first-order valence-electron chi connectivity index (χ1n) is 10.8. The van der Waals surface area contributed by atoms with Crippen molar-refractivity contribution in [3.05, 3.63) is 35.9 Å². The van der Waals surface area contributed by atoms with Gasteiger partial charge in [0.05, 0.1) is 18.8 Å². The molecule has 0 bridgehead atoms. The third kappa shape index (κ3) is 7.21. The maximum atomic E-state index is 12.3. The number of alkyl carbamates (subject to hydrolysis) is 1. The molecule has 30 heavy (non-hydrogen) atoms. The van der Waals surface area contributed by atoms with Gasteiger partial charge in [0.25, 0.3) is 0 Å². The van der Waals surface area contributed by atoms with Gasteiger partial charge in [-0.3, -0.25) is 0 Å². The van der Waals surface area contributed by atoms with E-state index in [1.54, 1.807) is 0 Å². The lowest BCUT2D eigenvalue weighted by molar-refractivity contribution is -0.198. The SMILES string of the molecule is CCCCCCCC(N)[C@@H]1O[C@H](CO)[C@@H](O)[C@H](O)[C@H]1NC(=O)OCc1ccccc1. The molecule has 1 saturated heterocycles. The van der Waals surface area contributed by atoms with Crippen molar-refractivity contribution in [3.8, 4) is 0 Å². The molecule has 1 aromatic carbocycles. The predicted octanol–water partition coefficient (Wildman–Crippen LogP) is 1.45. The van der Waals surface area contributed by atoms with Crippen LogP contribution < -0.4 is 11.1 Å². The molecule has 0 radical (unpaired) electrons. The van der Waals surface area contributed by atoms with Gasteiger partial charge in [0.1, 0.15) is 24.9 Å². The van der Waals surface area contributed by atoms with Crippen molar-refractivity contribution >= 4 is 6.09 Å². The fraction of sp³-hybridized carbons (Fsp3) is 0.682. The van der Waals surface area contributed by atoms with Crippen molar-refractivity contribution in [1.82, 2.24) is 5.32 Å². The van der Waals surface area contributed by atoms with Gasteiger partial charge in [0.15, 0.2) is 0 Å². The Morgan fingerprint density at radius 2 is 1.87 bits per heavy atom. The minimum Gasteiger partial charge on any atom is -0.445 e. The summed E-state index contributed by atoms with van der Waals surface area (Å²) < 4.78 is 11.0. The summed E-state index contributed by atoms with van der Waals surface area (Å²) in [7, 11) is 0. The van der Waals surface area contributed by atoms with E-state index in [1.807, 2.05) is 30.3 Å². The van der Waals surface area contributed by atoms with Gasteiger partial charge < -0.3 is 35.8 Å². The maximum absolute atomic E-state index is 12.3. The molecule has 8 heteroatoms. The monoisotopic (exact) mass is 424 g/mol. The maximum Gasteiger partial charge on any atom is 0.407 e. The zero-order valence-corrected chi connectivity index (χ0v) is 17.7. The number of aliphatic hydroxyl groups is 3. The fourth-order valence-electron chi connectivity index (χ4n) is 3.73. The minimum absolute atomic E-state index is 0.0757. The van der Waals surface area contributed by atoms with Crippen molar-refractivity contribution in [2.24, 2.45) is 5.73 Å². The Bertz CT molecular complexity index is 617. The van der Waals surface area contributed by atoms with E-state index in [4.69, 9.17) is 15.2 Å². The summed E-state index contributed by atoms with van der Waals surface area (Å²) in [5.74, 6) is 0. The van der Waals surface area contributed by atoms with Gasteiger partial charge in [-0.2, -0.15) is 0 Å². The average molecular weight is 425 g/mol. The van der Waals surface area contributed by atoms with Crippen LogP contribution in [-0.4, -0.2) is 64.5 Å². The van der Waals surface area contributed by atoms with E-state index in [2.05, 4.69) is 12.2 Å². The number of benzene rings is 1. The van der Waals surface area contributed by atoms with E-state index < -0.39 is 49.2 Å². The number of carbonyl (C=O) groups excluding carboxylic acids is 1. The highest BCUT2D eigenvalue weighted by Crippen LogP contribution is 2.25. The van der Waals surface area contributed by atoms with Gasteiger partial charge >= 0.3 is 6.09 Å². The Kier molecular flexibility index (Phi) is 10.5. The molecule has 1 aliphatic heterocycles. The number of unbranched alkanes of at least 4 members (excludes halogenated alkanes) is 4. The number of rotatable bonds is 11. The van der Waals surface area contributed by atoms with Crippen molar-refractivity contribution in [2.75, 3.05) is 6.61 Å². The molecule has 1 unspecified atom stereocenters. The van der Waals surface area contributed by atoms with Crippen LogP contribution in [0.2, 0.25) is 0 Å². The average Bonchev–Trinajstić information content (AvgIpc) is 2.76. The number of nitrogens with one attached hydrogen (secondary N) is 1. The van der Waals surface area contributed by atoms with Crippen LogP contribution in [-0.2, 0) is 16.1 Å². The number of hydrogen-bond donors (Lipinski definition) is 5. The molecule has 1 heterocycles. The molecular weight excluding hydrogens is 388 g/mol. The van der Waals surface area contributed by atoms with Crippen molar-refractivity contribution in [1.29, 1.82) is 0 Å². The lowest BCUT2D eigenvalue weighted by atomic mass is 9.87. The minimum atomic E-state index is -1.34. The summed E-state index contributed by atoms with van der Waals surface area (Å²) >= 11 is 0. The van der Waals surface area contributed by atoms with Gasteiger partial charge in [-0.15, -0.1) is 0 Å². The quantitative estimate of drug-likeness (QED) is 0.339. The first-order chi connectivity index (χ1) is 14.5. The molecule has 2 rings (SSSR count). The molecule has 1 aromatic rings. The van der Waals surface area contributed by atoms with Crippen LogP contribution >= 0.6 is 0 Å². The second-order valence-electron chi connectivity index (χ2n) is 7.90. The summed E-state index contributed by atoms with van der Waals surface area (Å²) in [6.07, 6.45) is 0.899. The number of amides is 1. The fourth-order valence-corrected chi connectivity index (χ4v) is 3.73. The van der Waals surface area contributed by atoms with Crippen LogP contribution in [0.25, 0.3) is 0 Å². The summed E-state index contributed by atoms with van der Waals surface area (Å²) in [5, 5.41) is 32.9. The molecule has 8 nitrogen and oxygen atoms in total. The van der Waals surface area contributed by atoms with Gasteiger partial charge in [-0.1, -0.05) is 69.4 Å². The van der Waals surface area contributed by atoms with Crippen LogP contribution in [0.4, 0.5) is 4.79 Å². The van der Waals surface area contributed by atoms with E-state index in [9.17, 15) is 20.1 Å². The van der Waals surface area contributed by atoms with Crippen LogP contribution in [0.15, 0.2) is 30.3 Å². The second kappa shape index (κ2) is 12.9. The lowest BCUT2D eigenvalue weighted by Crippen LogP contribution is -2.67. The zero-order chi connectivity index (χ0) is 21.9. The van der Waals surface area contributed by atoms with Crippen LogP contribution in [0.5, 0.6) is 0 Å². The van der Waals surface area contributed by atoms with E-state index in [0.29, 0.717) is 6.42 Å². The molecule has 0 aliphatic carbocycles. The normalized spacial score (nSPS) is 27.4. The Hall–Kier alpha value is -1.71. The zero-order valence-electron chi connectivity index (χ0n) is 17.7. The van der Waals surface area contributed by atoms with E-state index in [1.165, 1.54) is 6.42 Å². The smallest absolute Gasteiger partial charge is 0.407 e. The van der Waals surface area contributed by atoms with Crippen LogP contribution in [0, 0.1) is 0 Å². The first-order valence-corrected chi connectivity index (χ1v) is 10.8. The summed E-state index contributed by atoms with van der Waals surface area (Å²) in [6.45, 7) is 1.77. The molecule has 0 spiro atoms. The van der Waals surface area contributed by atoms with E-state index in [-0.39, 0.29) is 6.61 Å². The highest BCUT2D eigenvalue weighted by molar-refractivity contribution is 5.67. The molecule has 0 saturated carbocycles. The molecule has 170 valence electrons. The Balaban J connectivity index is 1.97. The topological polar surface area (TPSA) is 134 Å². The van der Waals surface area contributed by atoms with E-state index in [0.717, 1.165) is 31.2 Å².